The summed E-state index contributed by atoms with van der Waals surface area (Å²) >= 11 is 5.82. The number of methoxy groups -OCH3 is 1. The quantitative estimate of drug-likeness (QED) is 0.377. The van der Waals surface area contributed by atoms with E-state index in [-0.39, 0.29) is 0 Å². The maximum atomic E-state index is 5.82. The van der Waals surface area contributed by atoms with Gasteiger partial charge in [0.15, 0.2) is 0 Å². The van der Waals surface area contributed by atoms with E-state index in [1.807, 2.05) is 77.9 Å². The number of ether oxygens (including phenoxy) is 2. The summed E-state index contributed by atoms with van der Waals surface area (Å²) in [7, 11) is 1.70. The predicted octanol–water partition coefficient (Wildman–Crippen LogP) is 8.15. The largest absolute Gasteiger partial charge is 0.396 e. The molecule has 0 atom stereocenters. The van der Waals surface area contributed by atoms with Gasteiger partial charge >= 0.3 is 0 Å². The van der Waals surface area contributed by atoms with Gasteiger partial charge in [-0.15, -0.1) is 0 Å². The van der Waals surface area contributed by atoms with Crippen LogP contribution in [-0.2, 0) is 16.1 Å². The summed E-state index contributed by atoms with van der Waals surface area (Å²) in [6.07, 6.45) is 5.48. The Morgan fingerprint density at radius 3 is 1.94 bits per heavy atom. The molecule has 4 rings (SSSR count). The molecule has 5 nitrogen and oxygen atoms in total. The molecule has 2 aromatic carbocycles. The van der Waals surface area contributed by atoms with Crippen LogP contribution in [0.4, 0.5) is 11.4 Å². The van der Waals surface area contributed by atoms with E-state index in [2.05, 4.69) is 4.98 Å². The molecule has 0 radical (unpaired) electrons. The summed E-state index contributed by atoms with van der Waals surface area (Å²) in [6, 6.07) is 15.4. The van der Waals surface area contributed by atoms with Gasteiger partial charge in [-0.3, -0.25) is 4.98 Å². The maximum absolute atomic E-state index is 5.82. The topological polar surface area (TPSA) is 83.4 Å². The highest BCUT2D eigenvalue weighted by molar-refractivity contribution is 6.31. The highest BCUT2D eigenvalue weighted by Gasteiger charge is 2.02. The van der Waals surface area contributed by atoms with Gasteiger partial charge in [-0.2, -0.15) is 0 Å². The van der Waals surface area contributed by atoms with Crippen LogP contribution in [0.1, 0.15) is 66.4 Å². The number of anilines is 2. The third-order valence-electron chi connectivity index (χ3n) is 4.13. The van der Waals surface area contributed by atoms with Crippen LogP contribution in [0.25, 0.3) is 10.9 Å². The lowest BCUT2D eigenvalue weighted by Gasteiger charge is -2.08. The van der Waals surface area contributed by atoms with Gasteiger partial charge in [0.2, 0.25) is 0 Å². The van der Waals surface area contributed by atoms with Crippen LogP contribution in [0.2, 0.25) is 5.02 Å². The van der Waals surface area contributed by atoms with Crippen LogP contribution in [0.15, 0.2) is 54.7 Å². The summed E-state index contributed by atoms with van der Waals surface area (Å²) < 4.78 is 10.00. The van der Waals surface area contributed by atoms with Crippen LogP contribution in [0.3, 0.4) is 0 Å². The first-order valence-electron chi connectivity index (χ1n) is 12.3. The van der Waals surface area contributed by atoms with E-state index in [1.165, 1.54) is 24.8 Å². The zero-order valence-corrected chi connectivity index (χ0v) is 23.0. The average Bonchev–Trinajstić information content (AvgIpc) is 2.93. The fourth-order valence-electron chi connectivity index (χ4n) is 2.63. The molecule has 0 unspecified atom stereocenters. The number of aromatic nitrogens is 1. The Labute approximate surface area is 212 Å². The second-order valence-corrected chi connectivity index (χ2v) is 6.82. The van der Waals surface area contributed by atoms with Crippen LogP contribution in [0.5, 0.6) is 0 Å². The first-order valence-corrected chi connectivity index (χ1v) is 12.7. The first kappa shape index (κ1) is 33.8. The molecule has 6 heteroatoms. The van der Waals surface area contributed by atoms with Gasteiger partial charge in [-0.1, -0.05) is 83.5 Å². The molecule has 0 aliphatic carbocycles. The van der Waals surface area contributed by atoms with Gasteiger partial charge in [-0.25, -0.2) is 0 Å². The van der Waals surface area contributed by atoms with Gasteiger partial charge in [-0.05, 0) is 43.0 Å². The summed E-state index contributed by atoms with van der Waals surface area (Å²) in [5.74, 6) is 0. The molecule has 1 fully saturated rings. The highest BCUT2D eigenvalue weighted by Crippen LogP contribution is 2.26. The third kappa shape index (κ3) is 14.7. The number of nitrogens with zero attached hydrogens (tertiary/aromatic N) is 1. The van der Waals surface area contributed by atoms with Crippen molar-refractivity contribution in [2.75, 3.05) is 31.8 Å². The number of halogens is 1. The minimum Gasteiger partial charge on any atom is -0.396 e. The smallest absolute Gasteiger partial charge is 0.0740 e. The fourth-order valence-corrected chi connectivity index (χ4v) is 2.80. The molecular weight excluding hydrogens is 446 g/mol. The Morgan fingerprint density at radius 1 is 0.882 bits per heavy atom. The standard InChI is InChI=1S/C9H8ClN3.C8H10O.C5H10O.3C2H6/c10-5-1-2-8-6(3-5)9(12)7(11)4-13-8;1-9-7-8-5-3-2-4-6-8;1-2-4-6-5-3-1;3*1-2/h1-4H,11H2,(H2,12,13);2-6H,7H2,1H3;1-5H2;3*1-2H3. The Bertz CT molecular complexity index is 825. The monoisotopic (exact) mass is 491 g/mol. The molecule has 3 aromatic rings. The predicted molar refractivity (Wildman–Crippen MR) is 151 cm³/mol. The molecule has 4 N–H and O–H groups in total. The number of fused-ring (bicyclic) bond motifs is 1. The van der Waals surface area contributed by atoms with Crippen molar-refractivity contribution < 1.29 is 9.47 Å². The number of rotatable bonds is 2. The Kier molecular flexibility index (Phi) is 23.7. The lowest BCUT2D eigenvalue weighted by atomic mass is 10.2. The number of nitrogens with two attached hydrogens (primary N) is 2. The molecule has 1 aromatic heterocycles. The third-order valence-corrected chi connectivity index (χ3v) is 4.37. The van der Waals surface area contributed by atoms with Gasteiger partial charge in [0.1, 0.15) is 0 Å². The Hall–Kier alpha value is -2.34. The molecule has 0 saturated carbocycles. The van der Waals surface area contributed by atoms with Crippen molar-refractivity contribution in [2.24, 2.45) is 0 Å². The number of hydrogen-bond donors (Lipinski definition) is 2. The summed E-state index contributed by atoms with van der Waals surface area (Å²) in [4.78, 5) is 4.12. The van der Waals surface area contributed by atoms with E-state index in [4.69, 9.17) is 32.5 Å². The summed E-state index contributed by atoms with van der Waals surface area (Å²) in [5.41, 5.74) is 14.4. The van der Waals surface area contributed by atoms with Crippen molar-refractivity contribution in [2.45, 2.75) is 67.4 Å². The zero-order chi connectivity index (χ0) is 26.2. The molecule has 2 heterocycles. The SMILES string of the molecule is C1CCOCC1.CC.CC.CC.COCc1ccccc1.Nc1cnc2ccc(Cl)cc2c1N. The molecule has 1 aliphatic rings. The molecule has 1 saturated heterocycles. The lowest BCUT2D eigenvalue weighted by Crippen LogP contribution is -2.03. The molecule has 0 amide bonds. The van der Waals surface area contributed by atoms with Gasteiger partial charge in [0.05, 0.1) is 29.7 Å². The van der Waals surface area contributed by atoms with Crippen molar-refractivity contribution >= 4 is 33.9 Å². The first-order chi connectivity index (χ1) is 16.6. The normalized spacial score (nSPS) is 11.3. The number of pyridine rings is 1. The van der Waals surface area contributed by atoms with Crippen LogP contribution >= 0.6 is 11.6 Å². The Morgan fingerprint density at radius 2 is 1.47 bits per heavy atom. The van der Waals surface area contributed by atoms with Crippen molar-refractivity contribution in [1.82, 2.24) is 4.98 Å². The van der Waals surface area contributed by atoms with Gasteiger partial charge in [0, 0.05) is 30.7 Å². The van der Waals surface area contributed by atoms with Crippen molar-refractivity contribution in [3.05, 3.63) is 65.3 Å². The molecule has 0 spiro atoms. The van der Waals surface area contributed by atoms with Gasteiger partial charge in [0.25, 0.3) is 0 Å². The minimum absolute atomic E-state index is 0.481. The number of nitrogen functional groups attached to an aromatic ring is 2. The van der Waals surface area contributed by atoms with E-state index in [9.17, 15) is 0 Å². The lowest BCUT2D eigenvalue weighted by molar-refractivity contribution is 0.0968. The maximum Gasteiger partial charge on any atom is 0.0740 e. The van der Waals surface area contributed by atoms with E-state index >= 15 is 0 Å². The van der Waals surface area contributed by atoms with E-state index in [1.54, 1.807) is 25.4 Å². The summed E-state index contributed by atoms with van der Waals surface area (Å²) in [5, 5.41) is 1.43. The van der Waals surface area contributed by atoms with E-state index in [0.29, 0.717) is 23.0 Å². The van der Waals surface area contributed by atoms with Crippen LogP contribution in [0, 0.1) is 0 Å². The van der Waals surface area contributed by atoms with Crippen LogP contribution < -0.4 is 11.5 Å². The Balaban J connectivity index is 0. The second-order valence-electron chi connectivity index (χ2n) is 6.38. The molecule has 192 valence electrons. The second kappa shape index (κ2) is 23.8. The summed E-state index contributed by atoms with van der Waals surface area (Å²) in [6.45, 7) is 14.7. The number of benzene rings is 2. The number of hydrogen-bond acceptors (Lipinski definition) is 5. The van der Waals surface area contributed by atoms with Gasteiger partial charge < -0.3 is 20.9 Å². The van der Waals surface area contributed by atoms with Crippen molar-refractivity contribution in [3.63, 3.8) is 0 Å². The van der Waals surface area contributed by atoms with Crippen LogP contribution in [-0.4, -0.2) is 25.3 Å². The zero-order valence-electron chi connectivity index (χ0n) is 22.2. The highest BCUT2D eigenvalue weighted by atomic mass is 35.5. The molecule has 0 bridgehead atoms. The average molecular weight is 492 g/mol. The molecular formula is C28H46ClN3O2. The van der Waals surface area contributed by atoms with E-state index < -0.39 is 0 Å². The fraction of sp³-hybridized carbons (Fsp3) is 0.464. The molecule has 34 heavy (non-hydrogen) atoms. The van der Waals surface area contributed by atoms with Crippen molar-refractivity contribution in [3.8, 4) is 0 Å². The minimum atomic E-state index is 0.481. The van der Waals surface area contributed by atoms with Crippen molar-refractivity contribution in [1.29, 1.82) is 0 Å². The van der Waals surface area contributed by atoms with E-state index in [0.717, 1.165) is 24.1 Å². The molecule has 1 aliphatic heterocycles.